The van der Waals surface area contributed by atoms with Crippen LogP contribution in [0.5, 0.6) is 5.75 Å². The minimum absolute atomic E-state index is 0.0226. The van der Waals surface area contributed by atoms with Gasteiger partial charge in [-0.1, -0.05) is 31.4 Å². The van der Waals surface area contributed by atoms with Crippen LogP contribution in [0.4, 0.5) is 4.79 Å². The van der Waals surface area contributed by atoms with Crippen LogP contribution in [0.3, 0.4) is 0 Å². The highest BCUT2D eigenvalue weighted by atomic mass is 16.5. The summed E-state index contributed by atoms with van der Waals surface area (Å²) in [5.41, 5.74) is 1.63. The molecular formula is C18H23N3O2. The number of nitrogens with zero attached hydrogens (tertiary/aromatic N) is 3. The summed E-state index contributed by atoms with van der Waals surface area (Å²) in [7, 11) is 3.53. The van der Waals surface area contributed by atoms with E-state index in [-0.39, 0.29) is 6.03 Å². The molecule has 5 heteroatoms. The summed E-state index contributed by atoms with van der Waals surface area (Å²) >= 11 is 0. The van der Waals surface area contributed by atoms with Gasteiger partial charge >= 0.3 is 6.03 Å². The van der Waals surface area contributed by atoms with Gasteiger partial charge in [-0.15, -0.1) is 0 Å². The Morgan fingerprint density at radius 3 is 2.74 bits per heavy atom. The second kappa shape index (κ2) is 6.86. The second-order valence-electron chi connectivity index (χ2n) is 6.05. The molecule has 0 atom stereocenters. The number of carbonyl (C=O) groups is 1. The van der Waals surface area contributed by atoms with Crippen molar-refractivity contribution in [2.45, 2.75) is 38.1 Å². The maximum atomic E-state index is 12.7. The van der Waals surface area contributed by atoms with Crippen LogP contribution in [-0.2, 0) is 0 Å². The Labute approximate surface area is 136 Å². The molecule has 0 N–H and O–H groups in total. The molecule has 0 spiro atoms. The molecule has 1 heterocycles. The Balaban J connectivity index is 1.79. The molecule has 1 aromatic carbocycles. The third-order valence-electron chi connectivity index (χ3n) is 4.61. The molecule has 1 aromatic heterocycles. The zero-order valence-corrected chi connectivity index (χ0v) is 13.7. The number of carbonyl (C=O) groups excluding carboxylic acids is 1. The van der Waals surface area contributed by atoms with Crippen LogP contribution < -0.4 is 4.74 Å². The topological polar surface area (TPSA) is 47.4 Å². The summed E-state index contributed by atoms with van der Waals surface area (Å²) < 4.78 is 6.93. The standard InChI is InChI=1S/C18H23N3O2/c1-20(14-8-4-3-5-9-14)18(22)21-12-16(19-13-21)15-10-6-7-11-17(15)23-2/h6-7,10-14H,3-5,8-9H2,1-2H3. The zero-order valence-electron chi connectivity index (χ0n) is 13.7. The molecule has 0 unspecified atom stereocenters. The molecule has 1 aliphatic rings. The number of benzene rings is 1. The summed E-state index contributed by atoms with van der Waals surface area (Å²) in [6.07, 6.45) is 9.24. The van der Waals surface area contributed by atoms with Gasteiger partial charge in [0.05, 0.1) is 12.8 Å². The van der Waals surface area contributed by atoms with Gasteiger partial charge in [-0.2, -0.15) is 0 Å². The van der Waals surface area contributed by atoms with E-state index in [1.807, 2.05) is 36.2 Å². The molecule has 1 fully saturated rings. The molecule has 23 heavy (non-hydrogen) atoms. The Morgan fingerprint density at radius 2 is 2.00 bits per heavy atom. The molecule has 1 amide bonds. The predicted molar refractivity (Wildman–Crippen MR) is 89.6 cm³/mol. The van der Waals surface area contributed by atoms with Crippen LogP contribution >= 0.6 is 0 Å². The Morgan fingerprint density at radius 1 is 1.26 bits per heavy atom. The number of methoxy groups -OCH3 is 1. The Bertz CT molecular complexity index is 674. The van der Waals surface area contributed by atoms with Gasteiger partial charge in [0.2, 0.25) is 0 Å². The number of aromatic nitrogens is 2. The van der Waals surface area contributed by atoms with Gasteiger partial charge in [0, 0.05) is 24.8 Å². The highest BCUT2D eigenvalue weighted by Crippen LogP contribution is 2.28. The summed E-state index contributed by atoms with van der Waals surface area (Å²) in [4.78, 5) is 18.9. The largest absolute Gasteiger partial charge is 0.496 e. The van der Waals surface area contributed by atoms with Crippen molar-refractivity contribution in [3.05, 3.63) is 36.8 Å². The maximum Gasteiger partial charge on any atom is 0.329 e. The summed E-state index contributed by atoms with van der Waals surface area (Å²) in [5.74, 6) is 0.755. The van der Waals surface area contributed by atoms with Crippen molar-refractivity contribution in [1.82, 2.24) is 14.5 Å². The van der Waals surface area contributed by atoms with Crippen molar-refractivity contribution in [2.24, 2.45) is 0 Å². The number of hydrogen-bond acceptors (Lipinski definition) is 3. The normalized spacial score (nSPS) is 15.4. The quantitative estimate of drug-likeness (QED) is 0.866. The molecule has 122 valence electrons. The van der Waals surface area contributed by atoms with Crippen LogP contribution in [-0.4, -0.2) is 40.7 Å². The van der Waals surface area contributed by atoms with E-state index in [4.69, 9.17) is 4.74 Å². The minimum Gasteiger partial charge on any atom is -0.496 e. The van der Waals surface area contributed by atoms with Gasteiger partial charge in [-0.3, -0.25) is 4.57 Å². The second-order valence-corrected chi connectivity index (χ2v) is 6.05. The van der Waals surface area contributed by atoms with E-state index in [2.05, 4.69) is 4.98 Å². The third-order valence-corrected chi connectivity index (χ3v) is 4.61. The van der Waals surface area contributed by atoms with Crippen LogP contribution in [0, 0.1) is 0 Å². The molecule has 3 rings (SSSR count). The fourth-order valence-electron chi connectivity index (χ4n) is 3.23. The number of imidazole rings is 1. The maximum absolute atomic E-state index is 12.7. The lowest BCUT2D eigenvalue weighted by Crippen LogP contribution is -2.40. The van der Waals surface area contributed by atoms with Gasteiger partial charge in [-0.05, 0) is 25.0 Å². The van der Waals surface area contributed by atoms with Crippen LogP contribution in [0.25, 0.3) is 11.3 Å². The first kappa shape index (κ1) is 15.6. The number of rotatable bonds is 3. The SMILES string of the molecule is COc1ccccc1-c1cn(C(=O)N(C)C2CCCCC2)cn1. The fraction of sp³-hybridized carbons (Fsp3) is 0.444. The average molecular weight is 313 g/mol. The van der Waals surface area contributed by atoms with Crippen molar-refractivity contribution < 1.29 is 9.53 Å². The highest BCUT2D eigenvalue weighted by molar-refractivity contribution is 5.78. The summed E-state index contributed by atoms with van der Waals surface area (Å²) in [5, 5.41) is 0. The molecule has 1 saturated carbocycles. The predicted octanol–water partition coefficient (Wildman–Crippen LogP) is 3.79. The lowest BCUT2D eigenvalue weighted by molar-refractivity contribution is 0.175. The van der Waals surface area contributed by atoms with Crippen molar-refractivity contribution in [3.63, 3.8) is 0 Å². The van der Waals surface area contributed by atoms with Gasteiger partial charge < -0.3 is 9.64 Å². The number of amides is 1. The van der Waals surface area contributed by atoms with Crippen molar-refractivity contribution in [2.75, 3.05) is 14.2 Å². The first-order valence-electron chi connectivity index (χ1n) is 8.15. The van der Waals surface area contributed by atoms with Crippen molar-refractivity contribution >= 4 is 6.03 Å². The Kier molecular flexibility index (Phi) is 4.65. The number of para-hydroxylation sites is 1. The molecule has 5 nitrogen and oxygen atoms in total. The molecular weight excluding hydrogens is 290 g/mol. The van der Waals surface area contributed by atoms with Crippen LogP contribution in [0.15, 0.2) is 36.8 Å². The van der Waals surface area contributed by atoms with Gasteiger partial charge in [0.25, 0.3) is 0 Å². The smallest absolute Gasteiger partial charge is 0.329 e. The lowest BCUT2D eigenvalue weighted by atomic mass is 9.95. The van der Waals surface area contributed by atoms with Crippen molar-refractivity contribution in [3.8, 4) is 17.0 Å². The molecule has 0 saturated heterocycles. The van der Waals surface area contributed by atoms with Gasteiger partial charge in [0.15, 0.2) is 0 Å². The van der Waals surface area contributed by atoms with E-state index in [9.17, 15) is 4.79 Å². The highest BCUT2D eigenvalue weighted by Gasteiger charge is 2.23. The van der Waals surface area contributed by atoms with E-state index in [0.717, 1.165) is 29.8 Å². The van der Waals surface area contributed by atoms with E-state index >= 15 is 0 Å². The monoisotopic (exact) mass is 313 g/mol. The van der Waals surface area contributed by atoms with E-state index in [0.29, 0.717) is 6.04 Å². The van der Waals surface area contributed by atoms with Crippen molar-refractivity contribution in [1.29, 1.82) is 0 Å². The van der Waals surface area contributed by atoms with Crippen LogP contribution in [0.1, 0.15) is 32.1 Å². The minimum atomic E-state index is -0.0226. The van der Waals surface area contributed by atoms with Gasteiger partial charge in [0.1, 0.15) is 12.1 Å². The number of ether oxygens (including phenoxy) is 1. The van der Waals surface area contributed by atoms with E-state index in [1.165, 1.54) is 19.3 Å². The third kappa shape index (κ3) is 3.23. The lowest BCUT2D eigenvalue weighted by Gasteiger charge is -2.31. The molecule has 0 aliphatic heterocycles. The summed E-state index contributed by atoms with van der Waals surface area (Å²) in [6, 6.07) is 8.01. The van der Waals surface area contributed by atoms with E-state index in [1.54, 1.807) is 24.2 Å². The van der Waals surface area contributed by atoms with Crippen LogP contribution in [0.2, 0.25) is 0 Å². The van der Waals surface area contributed by atoms with Gasteiger partial charge in [-0.25, -0.2) is 9.78 Å². The summed E-state index contributed by atoms with van der Waals surface area (Å²) in [6.45, 7) is 0. The molecule has 0 radical (unpaired) electrons. The Hall–Kier alpha value is -2.30. The fourth-order valence-corrected chi connectivity index (χ4v) is 3.23. The molecule has 0 bridgehead atoms. The first-order chi connectivity index (χ1) is 11.2. The van der Waals surface area contributed by atoms with E-state index < -0.39 is 0 Å². The molecule has 1 aliphatic carbocycles. The average Bonchev–Trinajstić information content (AvgIpc) is 3.11. The molecule has 2 aromatic rings. The number of hydrogen-bond donors (Lipinski definition) is 0. The zero-order chi connectivity index (χ0) is 16.2. The first-order valence-corrected chi connectivity index (χ1v) is 8.15.